The number of nitriles is 1. The van der Waals surface area contributed by atoms with Gasteiger partial charge in [-0.15, -0.1) is 0 Å². The van der Waals surface area contributed by atoms with Crippen LogP contribution in [0.15, 0.2) is 41.2 Å². The van der Waals surface area contributed by atoms with E-state index in [-0.39, 0.29) is 31.0 Å². The number of hydrogen-bond donors (Lipinski definition) is 1. The molecule has 1 atom stereocenters. The number of likely N-dealkylation sites (tertiary alicyclic amines) is 1. The number of halogens is 2. The van der Waals surface area contributed by atoms with Gasteiger partial charge in [-0.05, 0) is 37.7 Å². The van der Waals surface area contributed by atoms with Gasteiger partial charge in [-0.2, -0.15) is 10.4 Å². The number of carbonyl (C=O) groups is 1. The SMILES string of the molecule is C[Si](C)(C)CCOCn1c(Cc2nn(C(CN3CCC3)C(=O)O)c(=O)c3ccccc23)nc2cc(OCC(F)F)c(C#N)cc21. The van der Waals surface area contributed by atoms with Crippen LogP contribution in [0, 0.1) is 11.3 Å². The summed E-state index contributed by atoms with van der Waals surface area (Å²) in [6.07, 6.45) is -1.65. The monoisotopic (exact) mass is 638 g/mol. The summed E-state index contributed by atoms with van der Waals surface area (Å²) in [4.78, 5) is 32.6. The lowest BCUT2D eigenvalue weighted by Gasteiger charge is -2.33. The van der Waals surface area contributed by atoms with Crippen molar-refractivity contribution in [3.8, 4) is 11.8 Å². The van der Waals surface area contributed by atoms with Crippen LogP contribution in [0.3, 0.4) is 0 Å². The standard InChI is InChI=1S/C31H36F2N6O5Si/c1-45(2,3)12-11-43-19-38-25-13-20(16-34)27(44-18-28(32)33)14-24(25)35-29(38)15-23-21-7-4-5-8-22(21)30(40)39(36-23)26(31(41)42)17-37-9-6-10-37/h4-5,7-8,13-14,26,28H,6,9-12,15,17-19H2,1-3H3,(H,41,42). The highest BCUT2D eigenvalue weighted by Crippen LogP contribution is 2.29. The van der Waals surface area contributed by atoms with Crippen molar-refractivity contribution in [3.63, 3.8) is 0 Å². The molecule has 0 aliphatic carbocycles. The second-order valence-corrected chi connectivity index (χ2v) is 18.0. The van der Waals surface area contributed by atoms with Gasteiger partial charge in [-0.25, -0.2) is 23.2 Å². The molecule has 1 unspecified atom stereocenters. The van der Waals surface area contributed by atoms with E-state index < -0.39 is 38.7 Å². The lowest BCUT2D eigenvalue weighted by atomic mass is 10.1. The highest BCUT2D eigenvalue weighted by atomic mass is 28.3. The third-order valence-electron chi connectivity index (χ3n) is 7.82. The number of alkyl halides is 2. The van der Waals surface area contributed by atoms with Crippen LogP contribution in [0.1, 0.15) is 29.5 Å². The van der Waals surface area contributed by atoms with E-state index in [9.17, 15) is 28.7 Å². The Bertz CT molecular complexity index is 1810. The van der Waals surface area contributed by atoms with Crippen LogP contribution in [0.25, 0.3) is 21.8 Å². The molecule has 1 fully saturated rings. The number of hydrogen-bond acceptors (Lipinski definition) is 8. The Kier molecular flexibility index (Phi) is 9.61. The number of rotatable bonds is 14. The van der Waals surface area contributed by atoms with Crippen LogP contribution >= 0.6 is 0 Å². The number of benzene rings is 2. The van der Waals surface area contributed by atoms with E-state index >= 15 is 0 Å². The van der Waals surface area contributed by atoms with Gasteiger partial charge in [0.2, 0.25) is 0 Å². The molecule has 2 aromatic heterocycles. The fraction of sp³-hybridized carbons (Fsp3) is 0.452. The zero-order valence-corrected chi connectivity index (χ0v) is 26.5. The number of imidazole rings is 1. The Morgan fingerprint density at radius 1 is 1.18 bits per heavy atom. The Morgan fingerprint density at radius 3 is 2.53 bits per heavy atom. The number of carboxylic acid groups (broad SMARTS) is 1. The molecule has 1 saturated heterocycles. The summed E-state index contributed by atoms with van der Waals surface area (Å²) in [5.41, 5.74) is 0.961. The summed E-state index contributed by atoms with van der Waals surface area (Å²) in [6, 6.07) is 11.7. The van der Waals surface area contributed by atoms with E-state index in [1.807, 2.05) is 11.0 Å². The minimum Gasteiger partial charge on any atom is -0.486 e. The molecular formula is C31H36F2N6O5Si. The normalized spacial score (nSPS) is 14.5. The summed E-state index contributed by atoms with van der Waals surface area (Å²) < 4.78 is 40.0. The van der Waals surface area contributed by atoms with Gasteiger partial charge in [0.1, 0.15) is 31.0 Å². The average Bonchev–Trinajstić information content (AvgIpc) is 3.29. The first-order valence-electron chi connectivity index (χ1n) is 14.8. The molecule has 0 bridgehead atoms. The molecule has 11 nitrogen and oxygen atoms in total. The predicted octanol–water partition coefficient (Wildman–Crippen LogP) is 4.50. The van der Waals surface area contributed by atoms with Gasteiger partial charge in [0.15, 0.2) is 6.04 Å². The van der Waals surface area contributed by atoms with E-state index in [1.165, 1.54) is 12.1 Å². The topological polar surface area (TPSA) is 136 Å². The number of nitrogens with zero attached hydrogens (tertiary/aromatic N) is 6. The molecular weight excluding hydrogens is 602 g/mol. The van der Waals surface area contributed by atoms with E-state index in [1.54, 1.807) is 28.8 Å². The third-order valence-corrected chi connectivity index (χ3v) is 9.53. The molecule has 0 radical (unpaired) electrons. The Labute approximate surface area is 259 Å². The van der Waals surface area contributed by atoms with Crippen molar-refractivity contribution < 1.29 is 28.2 Å². The summed E-state index contributed by atoms with van der Waals surface area (Å²) in [5, 5.41) is 25.4. The fourth-order valence-corrected chi connectivity index (χ4v) is 5.97. The van der Waals surface area contributed by atoms with E-state index in [2.05, 4.69) is 24.7 Å². The van der Waals surface area contributed by atoms with Crippen molar-refractivity contribution in [2.45, 2.75) is 57.7 Å². The van der Waals surface area contributed by atoms with Crippen molar-refractivity contribution in [3.05, 3.63) is 63.8 Å². The Hall–Kier alpha value is -4.19. The van der Waals surface area contributed by atoms with Gasteiger partial charge in [0.25, 0.3) is 12.0 Å². The summed E-state index contributed by atoms with van der Waals surface area (Å²) >= 11 is 0. The number of fused-ring (bicyclic) bond motifs is 2. The fourth-order valence-electron chi connectivity index (χ4n) is 5.21. The maximum absolute atomic E-state index is 13.5. The number of ether oxygens (including phenoxy) is 2. The maximum atomic E-state index is 13.5. The molecule has 238 valence electrons. The van der Waals surface area contributed by atoms with Gasteiger partial charge in [0, 0.05) is 32.7 Å². The second kappa shape index (κ2) is 13.4. The molecule has 1 N–H and O–H groups in total. The van der Waals surface area contributed by atoms with Crippen LogP contribution < -0.4 is 10.3 Å². The molecule has 45 heavy (non-hydrogen) atoms. The van der Waals surface area contributed by atoms with Crippen LogP contribution in [0.4, 0.5) is 8.78 Å². The maximum Gasteiger partial charge on any atom is 0.330 e. The minimum absolute atomic E-state index is 0.00595. The predicted molar refractivity (Wildman–Crippen MR) is 167 cm³/mol. The van der Waals surface area contributed by atoms with Crippen molar-refractivity contribution in [2.24, 2.45) is 0 Å². The molecule has 3 heterocycles. The van der Waals surface area contributed by atoms with Crippen LogP contribution in [0.5, 0.6) is 5.75 Å². The first-order chi connectivity index (χ1) is 21.4. The molecule has 1 aliphatic rings. The molecule has 0 spiro atoms. The van der Waals surface area contributed by atoms with E-state index in [0.29, 0.717) is 39.9 Å². The van der Waals surface area contributed by atoms with Crippen LogP contribution in [0.2, 0.25) is 25.7 Å². The molecule has 14 heteroatoms. The molecule has 0 amide bonds. The number of aromatic nitrogens is 4. The summed E-state index contributed by atoms with van der Waals surface area (Å²) in [7, 11) is -1.39. The van der Waals surface area contributed by atoms with E-state index in [0.717, 1.165) is 30.2 Å². The lowest BCUT2D eigenvalue weighted by Crippen LogP contribution is -2.45. The number of aliphatic carboxylic acids is 1. The first kappa shape index (κ1) is 32.2. The smallest absolute Gasteiger partial charge is 0.330 e. The Balaban J connectivity index is 1.60. The van der Waals surface area contributed by atoms with Gasteiger partial charge in [-0.1, -0.05) is 37.8 Å². The highest BCUT2D eigenvalue weighted by molar-refractivity contribution is 6.76. The lowest BCUT2D eigenvalue weighted by molar-refractivity contribution is -0.142. The van der Waals surface area contributed by atoms with Crippen LogP contribution in [-0.2, 0) is 22.7 Å². The summed E-state index contributed by atoms with van der Waals surface area (Å²) in [6.45, 7) is 8.14. The highest BCUT2D eigenvalue weighted by Gasteiger charge is 2.29. The molecule has 2 aromatic carbocycles. The average molecular weight is 639 g/mol. The zero-order chi connectivity index (χ0) is 32.3. The third kappa shape index (κ3) is 7.38. The molecule has 0 saturated carbocycles. The van der Waals surface area contributed by atoms with Gasteiger partial charge < -0.3 is 24.0 Å². The largest absolute Gasteiger partial charge is 0.486 e. The van der Waals surface area contributed by atoms with Crippen molar-refractivity contribution in [2.75, 3.05) is 32.8 Å². The van der Waals surface area contributed by atoms with Crippen molar-refractivity contribution in [1.29, 1.82) is 5.26 Å². The second-order valence-electron chi connectivity index (χ2n) is 12.4. The van der Waals surface area contributed by atoms with Crippen molar-refractivity contribution >= 4 is 35.8 Å². The van der Waals surface area contributed by atoms with Gasteiger partial charge in [0.05, 0.1) is 34.1 Å². The number of carboxylic acids is 1. The minimum atomic E-state index is -2.72. The van der Waals surface area contributed by atoms with Gasteiger partial charge >= 0.3 is 5.97 Å². The zero-order valence-electron chi connectivity index (χ0n) is 25.5. The summed E-state index contributed by atoms with van der Waals surface area (Å²) in [5.74, 6) is -0.680. The first-order valence-corrected chi connectivity index (χ1v) is 18.5. The van der Waals surface area contributed by atoms with Gasteiger partial charge in [-0.3, -0.25) is 4.79 Å². The quantitative estimate of drug-likeness (QED) is 0.156. The molecule has 4 aromatic rings. The van der Waals surface area contributed by atoms with Crippen LogP contribution in [-0.4, -0.2) is 82.7 Å². The van der Waals surface area contributed by atoms with Crippen molar-refractivity contribution in [1.82, 2.24) is 24.2 Å². The Morgan fingerprint density at radius 2 is 1.91 bits per heavy atom. The molecule has 5 rings (SSSR count). The van der Waals surface area contributed by atoms with E-state index in [4.69, 9.17) is 14.5 Å². The molecule has 1 aliphatic heterocycles.